The van der Waals surface area contributed by atoms with Crippen molar-refractivity contribution in [1.82, 2.24) is 5.43 Å². The molecule has 0 saturated heterocycles. The number of ether oxygens (including phenoxy) is 1. The van der Waals surface area contributed by atoms with Gasteiger partial charge in [-0.1, -0.05) is 48.0 Å². The number of nitrogens with zero attached hydrogens (tertiary/aromatic N) is 2. The van der Waals surface area contributed by atoms with Crippen molar-refractivity contribution in [3.63, 3.8) is 0 Å². The summed E-state index contributed by atoms with van der Waals surface area (Å²) in [5, 5.41) is 4.32. The summed E-state index contributed by atoms with van der Waals surface area (Å²) in [6.07, 6.45) is 2.42. The number of hydrogen-bond donors (Lipinski definition) is 1. The van der Waals surface area contributed by atoms with E-state index < -0.39 is 22.5 Å². The topological polar surface area (TPSA) is 88.1 Å². The number of para-hydroxylation sites is 1. The van der Waals surface area contributed by atoms with E-state index in [-0.39, 0.29) is 0 Å². The van der Waals surface area contributed by atoms with Gasteiger partial charge in [0.05, 0.1) is 18.2 Å². The van der Waals surface area contributed by atoms with Gasteiger partial charge in [-0.15, -0.1) is 0 Å². The maximum atomic E-state index is 12.3. The average molecular weight is 458 g/mol. The Bertz CT molecular complexity index is 1170. The van der Waals surface area contributed by atoms with E-state index in [4.69, 9.17) is 16.3 Å². The Kier molecular flexibility index (Phi) is 7.28. The number of hydrazone groups is 1. The van der Waals surface area contributed by atoms with E-state index in [0.717, 1.165) is 10.6 Å². The molecule has 9 heteroatoms. The zero-order valence-electron chi connectivity index (χ0n) is 16.6. The molecule has 1 N–H and O–H groups in total. The Hall–Kier alpha value is -3.36. The van der Waals surface area contributed by atoms with Crippen LogP contribution < -0.4 is 14.5 Å². The molecule has 0 atom stereocenters. The van der Waals surface area contributed by atoms with Gasteiger partial charge in [-0.25, -0.2) is 13.8 Å². The maximum absolute atomic E-state index is 12.3. The number of carbonyl (C=O) groups excluding carboxylic acids is 1. The Labute approximate surface area is 186 Å². The number of benzene rings is 3. The highest BCUT2D eigenvalue weighted by atomic mass is 35.5. The molecule has 3 rings (SSSR count). The van der Waals surface area contributed by atoms with Crippen LogP contribution in [0.15, 0.2) is 84.0 Å². The second-order valence-corrected chi connectivity index (χ2v) is 8.81. The van der Waals surface area contributed by atoms with Crippen LogP contribution in [0.25, 0.3) is 0 Å². The number of amides is 1. The van der Waals surface area contributed by atoms with Crippen molar-refractivity contribution < 1.29 is 17.9 Å². The van der Waals surface area contributed by atoms with Gasteiger partial charge in [-0.2, -0.15) is 5.10 Å². The van der Waals surface area contributed by atoms with Gasteiger partial charge < -0.3 is 4.74 Å². The van der Waals surface area contributed by atoms with Crippen LogP contribution in [0, 0.1) is 0 Å². The molecular weight excluding hydrogens is 438 g/mol. The maximum Gasteiger partial charge on any atom is 0.260 e. The molecule has 0 saturated carbocycles. The highest BCUT2D eigenvalue weighted by molar-refractivity contribution is 7.92. The van der Waals surface area contributed by atoms with Gasteiger partial charge in [0, 0.05) is 10.6 Å². The van der Waals surface area contributed by atoms with Crippen molar-refractivity contribution in [3.8, 4) is 11.5 Å². The van der Waals surface area contributed by atoms with Crippen LogP contribution in [-0.4, -0.2) is 33.3 Å². The van der Waals surface area contributed by atoms with Crippen molar-refractivity contribution in [2.24, 2.45) is 5.10 Å². The van der Waals surface area contributed by atoms with Crippen LogP contribution in [0.3, 0.4) is 0 Å². The Balaban J connectivity index is 1.67. The summed E-state index contributed by atoms with van der Waals surface area (Å²) in [7, 11) is -3.71. The molecule has 0 aromatic heterocycles. The van der Waals surface area contributed by atoms with E-state index in [2.05, 4.69) is 10.5 Å². The van der Waals surface area contributed by atoms with Gasteiger partial charge in [-0.05, 0) is 42.5 Å². The van der Waals surface area contributed by atoms with E-state index >= 15 is 0 Å². The van der Waals surface area contributed by atoms with Crippen molar-refractivity contribution in [2.75, 3.05) is 17.1 Å². The minimum absolute atomic E-state index is 0.327. The fourth-order valence-corrected chi connectivity index (χ4v) is 3.67. The number of rotatable bonds is 8. The zero-order chi connectivity index (χ0) is 22.3. The minimum Gasteiger partial charge on any atom is -0.457 e. The van der Waals surface area contributed by atoms with Crippen molar-refractivity contribution in [1.29, 1.82) is 0 Å². The Morgan fingerprint density at radius 2 is 1.61 bits per heavy atom. The molecule has 0 spiro atoms. The number of sulfonamides is 1. The fourth-order valence-electron chi connectivity index (χ4n) is 2.62. The molecule has 1 amide bonds. The highest BCUT2D eigenvalue weighted by Crippen LogP contribution is 2.25. The highest BCUT2D eigenvalue weighted by Gasteiger charge is 2.20. The minimum atomic E-state index is -3.71. The second kappa shape index (κ2) is 10.1. The monoisotopic (exact) mass is 457 g/mol. The number of carbonyl (C=O) groups is 1. The summed E-state index contributed by atoms with van der Waals surface area (Å²) >= 11 is 6.03. The molecule has 0 aliphatic carbocycles. The third-order valence-electron chi connectivity index (χ3n) is 4.09. The van der Waals surface area contributed by atoms with E-state index in [1.54, 1.807) is 48.5 Å². The number of hydrogen-bond acceptors (Lipinski definition) is 5. The van der Waals surface area contributed by atoms with Crippen LogP contribution in [0.2, 0.25) is 5.02 Å². The van der Waals surface area contributed by atoms with Crippen LogP contribution in [0.4, 0.5) is 5.69 Å². The summed E-state index contributed by atoms with van der Waals surface area (Å²) in [6, 6.07) is 22.6. The first-order chi connectivity index (χ1) is 14.8. The fraction of sp³-hybridized carbons (Fsp3) is 0.0909. The number of anilines is 1. The molecule has 31 heavy (non-hydrogen) atoms. The Morgan fingerprint density at radius 3 is 2.26 bits per heavy atom. The van der Waals surface area contributed by atoms with Crippen molar-refractivity contribution in [3.05, 3.63) is 89.4 Å². The van der Waals surface area contributed by atoms with E-state index in [0.29, 0.717) is 27.8 Å². The van der Waals surface area contributed by atoms with E-state index in [1.165, 1.54) is 6.21 Å². The average Bonchev–Trinajstić information content (AvgIpc) is 2.74. The first-order valence-electron chi connectivity index (χ1n) is 9.20. The SMILES string of the molecule is CS(=O)(=O)N(CC(=O)N/N=C/c1ccccc1Cl)c1ccc(Oc2ccccc2)cc1. The lowest BCUT2D eigenvalue weighted by atomic mass is 10.2. The standard InChI is InChI=1S/C22H20ClN3O4S/c1-31(28,29)26(16-22(27)25-24-15-17-7-5-6-10-21(17)23)18-11-13-20(14-12-18)30-19-8-3-2-4-9-19/h2-15H,16H2,1H3,(H,25,27)/b24-15+. The zero-order valence-corrected chi connectivity index (χ0v) is 18.2. The van der Waals surface area contributed by atoms with Gasteiger partial charge in [0.2, 0.25) is 10.0 Å². The second-order valence-electron chi connectivity index (χ2n) is 6.49. The molecule has 0 aliphatic heterocycles. The van der Waals surface area contributed by atoms with E-state index in [9.17, 15) is 13.2 Å². The summed E-state index contributed by atoms with van der Waals surface area (Å²) < 4.78 is 31.2. The quantitative estimate of drug-likeness (QED) is 0.408. The largest absolute Gasteiger partial charge is 0.457 e. The molecule has 7 nitrogen and oxygen atoms in total. The lowest BCUT2D eigenvalue weighted by Crippen LogP contribution is -2.39. The van der Waals surface area contributed by atoms with Crippen molar-refractivity contribution in [2.45, 2.75) is 0 Å². The first kappa shape index (κ1) is 22.3. The summed E-state index contributed by atoms with van der Waals surface area (Å²) in [5.74, 6) is 0.599. The predicted molar refractivity (Wildman–Crippen MR) is 122 cm³/mol. The molecule has 3 aromatic rings. The van der Waals surface area contributed by atoms with Crippen LogP contribution in [0.5, 0.6) is 11.5 Å². The molecule has 0 radical (unpaired) electrons. The summed E-state index contributed by atoms with van der Waals surface area (Å²) in [5.41, 5.74) is 3.27. The van der Waals surface area contributed by atoms with Crippen LogP contribution in [-0.2, 0) is 14.8 Å². The number of halogens is 1. The van der Waals surface area contributed by atoms with Crippen molar-refractivity contribution >= 4 is 39.4 Å². The summed E-state index contributed by atoms with van der Waals surface area (Å²) in [4.78, 5) is 12.3. The van der Waals surface area contributed by atoms with Crippen LogP contribution in [0.1, 0.15) is 5.56 Å². The molecule has 0 heterocycles. The molecular formula is C22H20ClN3O4S. The van der Waals surface area contributed by atoms with Gasteiger partial charge in [0.1, 0.15) is 18.0 Å². The number of nitrogens with one attached hydrogen (secondary N) is 1. The third-order valence-corrected chi connectivity index (χ3v) is 5.57. The molecule has 0 fully saturated rings. The lowest BCUT2D eigenvalue weighted by Gasteiger charge is -2.21. The normalized spacial score (nSPS) is 11.3. The van der Waals surface area contributed by atoms with Gasteiger partial charge in [-0.3, -0.25) is 9.10 Å². The van der Waals surface area contributed by atoms with Gasteiger partial charge in [0.25, 0.3) is 5.91 Å². The van der Waals surface area contributed by atoms with Crippen LogP contribution >= 0.6 is 11.6 Å². The summed E-state index contributed by atoms with van der Waals surface area (Å²) in [6.45, 7) is -0.433. The van der Waals surface area contributed by atoms with E-state index in [1.807, 2.05) is 30.3 Å². The smallest absolute Gasteiger partial charge is 0.260 e. The van der Waals surface area contributed by atoms with Gasteiger partial charge >= 0.3 is 0 Å². The molecule has 0 unspecified atom stereocenters. The molecule has 0 aliphatic rings. The third kappa shape index (κ3) is 6.56. The molecule has 0 bridgehead atoms. The van der Waals surface area contributed by atoms with Gasteiger partial charge in [0.15, 0.2) is 0 Å². The predicted octanol–water partition coefficient (Wildman–Crippen LogP) is 4.05. The lowest BCUT2D eigenvalue weighted by molar-refractivity contribution is -0.119. The Morgan fingerprint density at radius 1 is 1.00 bits per heavy atom. The first-order valence-corrected chi connectivity index (χ1v) is 11.4. The molecule has 160 valence electrons. The molecule has 3 aromatic carbocycles.